The first-order chi connectivity index (χ1) is 16.0. The fourth-order valence-corrected chi connectivity index (χ4v) is 4.17. The Morgan fingerprint density at radius 3 is 2.64 bits per heavy atom. The largest absolute Gasteiger partial charge is 0.507 e. The van der Waals surface area contributed by atoms with Crippen molar-refractivity contribution in [1.82, 2.24) is 4.90 Å². The van der Waals surface area contributed by atoms with Gasteiger partial charge in [0.2, 0.25) is 0 Å². The summed E-state index contributed by atoms with van der Waals surface area (Å²) in [5.41, 5.74) is 0.728. The molecule has 2 aromatic rings. The standard InChI is InChI=1S/C24H24ClNO7/c1-3-31-15-5-6-17(25)16(13-15)22(27)20-21(26(8-9-30-2)24(29)23(20)28)14-4-7-18-19(12-14)33-11-10-32-18/h4-7,12-13,21,27H,3,8-11H2,1-2H3/b22-20+. The van der Waals surface area contributed by atoms with Crippen LogP contribution in [0.5, 0.6) is 17.2 Å². The second-order valence-corrected chi connectivity index (χ2v) is 7.87. The Labute approximate surface area is 196 Å². The van der Waals surface area contributed by atoms with E-state index in [1.807, 2.05) is 6.92 Å². The number of carbonyl (C=O) groups is 2. The van der Waals surface area contributed by atoms with Crippen LogP contribution < -0.4 is 14.2 Å². The maximum absolute atomic E-state index is 13.1. The highest BCUT2D eigenvalue weighted by molar-refractivity contribution is 6.47. The molecular weight excluding hydrogens is 450 g/mol. The smallest absolute Gasteiger partial charge is 0.295 e. The van der Waals surface area contributed by atoms with Crippen molar-refractivity contribution in [2.75, 3.05) is 40.1 Å². The number of carbonyl (C=O) groups excluding carboxylic acids is 2. The van der Waals surface area contributed by atoms with Gasteiger partial charge >= 0.3 is 0 Å². The van der Waals surface area contributed by atoms with Crippen LogP contribution in [0.4, 0.5) is 0 Å². The number of benzene rings is 2. The average Bonchev–Trinajstić information content (AvgIpc) is 3.08. The molecule has 0 saturated carbocycles. The lowest BCUT2D eigenvalue weighted by atomic mass is 9.94. The molecule has 0 aromatic heterocycles. The van der Waals surface area contributed by atoms with Crippen molar-refractivity contribution < 1.29 is 33.6 Å². The van der Waals surface area contributed by atoms with Gasteiger partial charge in [0, 0.05) is 19.2 Å². The molecule has 2 heterocycles. The van der Waals surface area contributed by atoms with Gasteiger partial charge in [0.25, 0.3) is 11.7 Å². The number of aliphatic hydroxyl groups excluding tert-OH is 1. The van der Waals surface area contributed by atoms with Crippen LogP contribution in [0.2, 0.25) is 5.02 Å². The minimum atomic E-state index is -0.859. The summed E-state index contributed by atoms with van der Waals surface area (Å²) in [5.74, 6) is -0.349. The van der Waals surface area contributed by atoms with Gasteiger partial charge in [-0.2, -0.15) is 0 Å². The van der Waals surface area contributed by atoms with Crippen LogP contribution in [0.3, 0.4) is 0 Å². The monoisotopic (exact) mass is 473 g/mol. The van der Waals surface area contributed by atoms with E-state index in [9.17, 15) is 14.7 Å². The van der Waals surface area contributed by atoms with Gasteiger partial charge in [-0.1, -0.05) is 17.7 Å². The highest BCUT2D eigenvalue weighted by Gasteiger charge is 2.46. The van der Waals surface area contributed by atoms with Crippen molar-refractivity contribution >= 4 is 29.1 Å². The van der Waals surface area contributed by atoms with Gasteiger partial charge in [0.1, 0.15) is 24.7 Å². The summed E-state index contributed by atoms with van der Waals surface area (Å²) in [7, 11) is 1.51. The zero-order valence-electron chi connectivity index (χ0n) is 18.3. The first kappa shape index (κ1) is 22.9. The van der Waals surface area contributed by atoms with E-state index in [1.54, 1.807) is 36.4 Å². The Balaban J connectivity index is 1.87. The van der Waals surface area contributed by atoms with Crippen LogP contribution in [0.1, 0.15) is 24.1 Å². The van der Waals surface area contributed by atoms with Gasteiger partial charge in [0.05, 0.1) is 29.9 Å². The molecule has 0 spiro atoms. The van der Waals surface area contributed by atoms with Crippen LogP contribution in [0, 0.1) is 0 Å². The number of amides is 1. The summed E-state index contributed by atoms with van der Waals surface area (Å²) in [4.78, 5) is 27.4. The maximum Gasteiger partial charge on any atom is 0.295 e. The Morgan fingerprint density at radius 1 is 1.15 bits per heavy atom. The Hall–Kier alpha value is -3.23. The molecule has 1 atom stereocenters. The number of ether oxygens (including phenoxy) is 4. The molecule has 174 valence electrons. The predicted octanol–water partition coefficient (Wildman–Crippen LogP) is 3.58. The molecule has 0 radical (unpaired) electrons. The van der Waals surface area contributed by atoms with Gasteiger partial charge in [0.15, 0.2) is 11.5 Å². The van der Waals surface area contributed by atoms with Crippen molar-refractivity contribution in [3.8, 4) is 17.2 Å². The molecule has 0 aliphatic carbocycles. The van der Waals surface area contributed by atoms with Crippen molar-refractivity contribution in [2.45, 2.75) is 13.0 Å². The summed E-state index contributed by atoms with van der Waals surface area (Å²) < 4.78 is 21.9. The van der Waals surface area contributed by atoms with Crippen molar-refractivity contribution in [1.29, 1.82) is 0 Å². The van der Waals surface area contributed by atoms with E-state index < -0.39 is 17.7 Å². The lowest BCUT2D eigenvalue weighted by molar-refractivity contribution is -0.140. The highest BCUT2D eigenvalue weighted by Crippen LogP contribution is 2.43. The van der Waals surface area contributed by atoms with Crippen LogP contribution in [0.25, 0.3) is 5.76 Å². The molecule has 2 aliphatic heterocycles. The zero-order chi connectivity index (χ0) is 23.5. The molecule has 9 heteroatoms. The molecule has 2 aromatic carbocycles. The number of hydrogen-bond donors (Lipinski definition) is 1. The van der Waals surface area contributed by atoms with Crippen molar-refractivity contribution in [2.24, 2.45) is 0 Å². The minimum Gasteiger partial charge on any atom is -0.507 e. The number of ketones is 1. The number of halogens is 1. The summed E-state index contributed by atoms with van der Waals surface area (Å²) in [6.07, 6.45) is 0. The summed E-state index contributed by atoms with van der Waals surface area (Å²) in [6, 6.07) is 9.11. The maximum atomic E-state index is 13.1. The SMILES string of the molecule is CCOc1ccc(Cl)c(/C(O)=C2\C(=O)C(=O)N(CCOC)C2c2ccc3c(c2)OCCO3)c1. The molecule has 1 saturated heterocycles. The summed E-state index contributed by atoms with van der Waals surface area (Å²) in [6.45, 7) is 3.45. The van der Waals surface area contributed by atoms with E-state index in [2.05, 4.69) is 0 Å². The second-order valence-electron chi connectivity index (χ2n) is 7.46. The third kappa shape index (κ3) is 4.36. The topological polar surface area (TPSA) is 94.5 Å². The third-order valence-corrected chi connectivity index (χ3v) is 5.79. The number of likely N-dealkylation sites (tertiary alicyclic amines) is 1. The fraction of sp³-hybridized carbons (Fsp3) is 0.333. The van der Waals surface area contributed by atoms with Crippen molar-refractivity contribution in [3.63, 3.8) is 0 Å². The zero-order valence-corrected chi connectivity index (χ0v) is 19.1. The Kier molecular flexibility index (Phi) is 6.76. The first-order valence-electron chi connectivity index (χ1n) is 10.6. The second kappa shape index (κ2) is 9.72. The molecule has 2 aliphatic rings. The number of aliphatic hydroxyl groups is 1. The van der Waals surface area contributed by atoms with E-state index in [4.69, 9.17) is 30.5 Å². The molecule has 1 N–H and O–H groups in total. The Morgan fingerprint density at radius 2 is 1.91 bits per heavy atom. The van der Waals surface area contributed by atoms with E-state index in [0.717, 1.165) is 0 Å². The number of nitrogens with zero attached hydrogens (tertiary/aromatic N) is 1. The van der Waals surface area contributed by atoms with E-state index >= 15 is 0 Å². The molecule has 1 unspecified atom stereocenters. The first-order valence-corrected chi connectivity index (χ1v) is 10.9. The number of Topliss-reactive ketones (excluding diaryl/α,β-unsaturated/α-hetero) is 1. The van der Waals surface area contributed by atoms with Crippen LogP contribution in [-0.4, -0.2) is 61.8 Å². The van der Waals surface area contributed by atoms with Gasteiger partial charge in [-0.25, -0.2) is 0 Å². The lowest BCUT2D eigenvalue weighted by Crippen LogP contribution is -2.32. The minimum absolute atomic E-state index is 0.0664. The molecule has 8 nitrogen and oxygen atoms in total. The Bertz CT molecular complexity index is 1110. The highest BCUT2D eigenvalue weighted by atomic mass is 35.5. The normalized spacial score (nSPS) is 19.1. The fourth-order valence-electron chi connectivity index (χ4n) is 3.96. The van der Waals surface area contributed by atoms with Crippen molar-refractivity contribution in [3.05, 3.63) is 58.1 Å². The molecule has 4 rings (SSSR count). The predicted molar refractivity (Wildman–Crippen MR) is 121 cm³/mol. The molecule has 1 amide bonds. The van der Waals surface area contributed by atoms with Gasteiger partial charge in [-0.15, -0.1) is 0 Å². The molecule has 0 bridgehead atoms. The number of fused-ring (bicyclic) bond motifs is 1. The van der Waals surface area contributed by atoms with E-state index in [0.29, 0.717) is 42.6 Å². The molecule has 33 heavy (non-hydrogen) atoms. The summed E-state index contributed by atoms with van der Waals surface area (Å²) in [5, 5.41) is 11.5. The van der Waals surface area contributed by atoms with Gasteiger partial charge < -0.3 is 29.0 Å². The number of methoxy groups -OCH3 is 1. The summed E-state index contributed by atoms with van der Waals surface area (Å²) >= 11 is 6.35. The average molecular weight is 474 g/mol. The van der Waals surface area contributed by atoms with Crippen LogP contribution in [-0.2, 0) is 14.3 Å². The van der Waals surface area contributed by atoms with Crippen LogP contribution >= 0.6 is 11.6 Å². The third-order valence-electron chi connectivity index (χ3n) is 5.46. The van der Waals surface area contributed by atoms with E-state index in [1.165, 1.54) is 12.0 Å². The van der Waals surface area contributed by atoms with Gasteiger partial charge in [-0.05, 0) is 42.8 Å². The van der Waals surface area contributed by atoms with Crippen LogP contribution in [0.15, 0.2) is 42.0 Å². The number of hydrogen-bond acceptors (Lipinski definition) is 7. The van der Waals surface area contributed by atoms with Gasteiger partial charge in [-0.3, -0.25) is 9.59 Å². The quantitative estimate of drug-likeness (QED) is 0.373. The number of rotatable bonds is 7. The molecule has 1 fully saturated rings. The lowest BCUT2D eigenvalue weighted by Gasteiger charge is -2.26. The molecular formula is C24H24ClNO7. The van der Waals surface area contributed by atoms with E-state index in [-0.39, 0.29) is 35.1 Å².